The molecule has 0 spiro atoms. The molecule has 1 N–H and O–H groups in total. The van der Waals surface area contributed by atoms with Gasteiger partial charge in [0.15, 0.2) is 0 Å². The van der Waals surface area contributed by atoms with Crippen LogP contribution in [0.5, 0.6) is 0 Å². The van der Waals surface area contributed by atoms with Crippen molar-refractivity contribution in [2.45, 2.75) is 18.9 Å². The van der Waals surface area contributed by atoms with Crippen molar-refractivity contribution in [2.75, 3.05) is 32.8 Å². The molecule has 1 aliphatic heterocycles. The molecule has 0 saturated carbocycles. The Labute approximate surface area is 162 Å². The van der Waals surface area contributed by atoms with Crippen LogP contribution in [0.3, 0.4) is 0 Å². The van der Waals surface area contributed by atoms with E-state index in [-0.39, 0.29) is 6.10 Å². The van der Waals surface area contributed by atoms with Gasteiger partial charge in [0.05, 0.1) is 6.61 Å². The third-order valence-corrected chi connectivity index (χ3v) is 5.28. The van der Waals surface area contributed by atoms with Crippen molar-refractivity contribution in [3.63, 3.8) is 0 Å². The first-order valence-electron chi connectivity index (χ1n) is 8.98. The van der Waals surface area contributed by atoms with E-state index in [1.807, 2.05) is 0 Å². The average molecular weight is 389 g/mol. The predicted molar refractivity (Wildman–Crippen MR) is 104 cm³/mol. The Morgan fingerprint density at radius 2 is 2.07 bits per heavy atom. The maximum atomic E-state index is 11.4. The summed E-state index contributed by atoms with van der Waals surface area (Å²) in [6.45, 7) is 3.70. The molecule has 0 unspecified atom stereocenters. The van der Waals surface area contributed by atoms with Crippen molar-refractivity contribution in [1.82, 2.24) is 4.90 Å². The summed E-state index contributed by atoms with van der Waals surface area (Å²) in [5.41, 5.74) is 1.30. The third kappa shape index (κ3) is 6.16. The Balaban J connectivity index is 1.21. The molecule has 1 fully saturated rings. The Hall–Kier alpha value is -2.22. The highest BCUT2D eigenvalue weighted by Crippen LogP contribution is 2.22. The SMILES string of the molecule is O=C(O)/C=C\C(=O)OC1CN(CCCOCCc2ccc3sccc3c2)C1. The van der Waals surface area contributed by atoms with E-state index in [4.69, 9.17) is 14.6 Å². The molecule has 144 valence electrons. The molecule has 6 nitrogen and oxygen atoms in total. The van der Waals surface area contributed by atoms with E-state index < -0.39 is 11.9 Å². The lowest BCUT2D eigenvalue weighted by molar-refractivity contribution is -0.151. The Morgan fingerprint density at radius 3 is 2.89 bits per heavy atom. The maximum Gasteiger partial charge on any atom is 0.331 e. The second kappa shape index (κ2) is 9.64. The number of thiophene rings is 1. The summed E-state index contributed by atoms with van der Waals surface area (Å²) < 4.78 is 12.2. The second-order valence-corrected chi connectivity index (χ2v) is 7.45. The summed E-state index contributed by atoms with van der Waals surface area (Å²) in [7, 11) is 0. The van der Waals surface area contributed by atoms with Crippen molar-refractivity contribution < 1.29 is 24.2 Å². The number of nitrogens with zero attached hydrogens (tertiary/aromatic N) is 1. The van der Waals surface area contributed by atoms with Crippen LogP contribution in [0.1, 0.15) is 12.0 Å². The molecule has 2 heterocycles. The summed E-state index contributed by atoms with van der Waals surface area (Å²) >= 11 is 1.76. The van der Waals surface area contributed by atoms with E-state index in [1.165, 1.54) is 15.6 Å². The lowest BCUT2D eigenvalue weighted by Crippen LogP contribution is -2.53. The first-order chi connectivity index (χ1) is 13.1. The fourth-order valence-corrected chi connectivity index (χ4v) is 3.75. The van der Waals surface area contributed by atoms with Crippen LogP contribution in [0.2, 0.25) is 0 Å². The molecule has 0 amide bonds. The summed E-state index contributed by atoms with van der Waals surface area (Å²) in [6, 6.07) is 8.70. The molecule has 0 aliphatic carbocycles. The van der Waals surface area contributed by atoms with Crippen LogP contribution in [0.15, 0.2) is 41.8 Å². The van der Waals surface area contributed by atoms with Crippen molar-refractivity contribution in [3.05, 3.63) is 47.4 Å². The minimum Gasteiger partial charge on any atom is -0.478 e. The number of carboxylic acid groups (broad SMARTS) is 1. The predicted octanol–water partition coefficient (Wildman–Crippen LogP) is 2.72. The average Bonchev–Trinajstić information content (AvgIpc) is 3.08. The van der Waals surface area contributed by atoms with Gasteiger partial charge in [0.1, 0.15) is 6.10 Å². The van der Waals surface area contributed by atoms with Crippen LogP contribution >= 0.6 is 11.3 Å². The molecule has 3 rings (SSSR count). The number of carboxylic acids is 1. The molecule has 1 aromatic carbocycles. The minimum atomic E-state index is -1.16. The van der Waals surface area contributed by atoms with Crippen LogP contribution in [0, 0.1) is 0 Å². The Bertz CT molecular complexity index is 810. The topological polar surface area (TPSA) is 76.1 Å². The van der Waals surface area contributed by atoms with E-state index in [9.17, 15) is 9.59 Å². The smallest absolute Gasteiger partial charge is 0.331 e. The van der Waals surface area contributed by atoms with Gasteiger partial charge in [0.2, 0.25) is 0 Å². The molecule has 1 aromatic heterocycles. The standard InChI is InChI=1S/C20H23NO5S/c22-19(23)4-5-20(24)26-17-13-21(14-17)8-1-9-25-10-6-15-2-3-18-16(12-15)7-11-27-18/h2-5,7,11-12,17H,1,6,8-10,13-14H2,(H,22,23)/b5-4-. The summed E-state index contributed by atoms with van der Waals surface area (Å²) in [5, 5.41) is 11.9. The quantitative estimate of drug-likeness (QED) is 0.383. The Morgan fingerprint density at radius 1 is 1.22 bits per heavy atom. The van der Waals surface area contributed by atoms with Crippen LogP contribution < -0.4 is 0 Å². The highest BCUT2D eigenvalue weighted by Gasteiger charge is 2.28. The molecule has 0 bridgehead atoms. The van der Waals surface area contributed by atoms with Gasteiger partial charge in [-0.25, -0.2) is 9.59 Å². The molecule has 0 atom stereocenters. The second-order valence-electron chi connectivity index (χ2n) is 6.50. The number of aliphatic carboxylic acids is 1. The third-order valence-electron chi connectivity index (χ3n) is 4.38. The molecule has 7 heteroatoms. The summed E-state index contributed by atoms with van der Waals surface area (Å²) in [5.74, 6) is -1.76. The maximum absolute atomic E-state index is 11.4. The molecule has 2 aromatic rings. The molecule has 27 heavy (non-hydrogen) atoms. The van der Waals surface area contributed by atoms with Crippen LogP contribution in [0.25, 0.3) is 10.1 Å². The summed E-state index contributed by atoms with van der Waals surface area (Å²) in [4.78, 5) is 23.9. The zero-order valence-electron chi connectivity index (χ0n) is 15.0. The largest absolute Gasteiger partial charge is 0.478 e. The van der Waals surface area contributed by atoms with Crippen LogP contribution in [-0.4, -0.2) is 60.9 Å². The Kier molecular flexibility index (Phi) is 6.98. The zero-order chi connectivity index (χ0) is 19.1. The van der Waals surface area contributed by atoms with Gasteiger partial charge >= 0.3 is 11.9 Å². The van der Waals surface area contributed by atoms with Crippen LogP contribution in [-0.2, 0) is 25.5 Å². The lowest BCUT2D eigenvalue weighted by Gasteiger charge is -2.38. The lowest BCUT2D eigenvalue weighted by atomic mass is 10.1. The highest BCUT2D eigenvalue weighted by atomic mass is 32.1. The van der Waals surface area contributed by atoms with E-state index in [0.29, 0.717) is 26.3 Å². The van der Waals surface area contributed by atoms with Crippen molar-refractivity contribution in [2.24, 2.45) is 0 Å². The normalized spacial score (nSPS) is 15.3. The van der Waals surface area contributed by atoms with Crippen molar-refractivity contribution in [1.29, 1.82) is 0 Å². The van der Waals surface area contributed by atoms with E-state index >= 15 is 0 Å². The van der Waals surface area contributed by atoms with Gasteiger partial charge in [-0.15, -0.1) is 11.3 Å². The van der Waals surface area contributed by atoms with E-state index in [1.54, 1.807) is 11.3 Å². The number of fused-ring (bicyclic) bond motifs is 1. The monoisotopic (exact) mass is 389 g/mol. The zero-order valence-corrected chi connectivity index (χ0v) is 15.8. The molecule has 1 aliphatic rings. The van der Waals surface area contributed by atoms with E-state index in [0.717, 1.165) is 31.5 Å². The van der Waals surface area contributed by atoms with Gasteiger partial charge < -0.3 is 14.6 Å². The number of hydrogen-bond acceptors (Lipinski definition) is 6. The molecular formula is C20H23NO5S. The number of rotatable bonds is 10. The number of carbonyl (C=O) groups excluding carboxylic acids is 1. The number of benzene rings is 1. The first kappa shape index (κ1) is 19.5. The van der Waals surface area contributed by atoms with Crippen molar-refractivity contribution >= 4 is 33.4 Å². The number of esters is 1. The molecule has 0 radical (unpaired) electrons. The van der Waals surface area contributed by atoms with Gasteiger partial charge in [0.25, 0.3) is 0 Å². The van der Waals surface area contributed by atoms with Gasteiger partial charge in [-0.2, -0.15) is 0 Å². The fourth-order valence-electron chi connectivity index (χ4n) is 2.98. The number of likely N-dealkylation sites (tertiary alicyclic amines) is 1. The van der Waals surface area contributed by atoms with Gasteiger partial charge in [-0.1, -0.05) is 12.1 Å². The van der Waals surface area contributed by atoms with E-state index in [2.05, 4.69) is 34.5 Å². The first-order valence-corrected chi connectivity index (χ1v) is 9.86. The molecule has 1 saturated heterocycles. The van der Waals surface area contributed by atoms with Gasteiger partial charge in [-0.3, -0.25) is 4.90 Å². The summed E-state index contributed by atoms with van der Waals surface area (Å²) in [6.07, 6.45) is 3.42. The van der Waals surface area contributed by atoms with Gasteiger partial charge in [-0.05, 0) is 41.3 Å². The van der Waals surface area contributed by atoms with Crippen molar-refractivity contribution in [3.8, 4) is 0 Å². The fraction of sp³-hybridized carbons (Fsp3) is 0.400. The number of hydrogen-bond donors (Lipinski definition) is 1. The highest BCUT2D eigenvalue weighted by molar-refractivity contribution is 7.17. The number of ether oxygens (including phenoxy) is 2. The van der Waals surface area contributed by atoms with Crippen LogP contribution in [0.4, 0.5) is 0 Å². The van der Waals surface area contributed by atoms with Gasteiger partial charge in [0, 0.05) is 43.1 Å². The minimum absolute atomic E-state index is 0.149. The molecular weight excluding hydrogens is 366 g/mol. The number of carbonyl (C=O) groups is 2.